The lowest BCUT2D eigenvalue weighted by Gasteiger charge is -2.36. The van der Waals surface area contributed by atoms with Crippen LogP contribution in [0.2, 0.25) is 0 Å². The van der Waals surface area contributed by atoms with Crippen LogP contribution < -0.4 is 15.5 Å². The van der Waals surface area contributed by atoms with Gasteiger partial charge in [-0.25, -0.2) is 4.39 Å². The number of fused-ring (bicyclic) bond motifs is 3. The Bertz CT molecular complexity index is 1120. The minimum Gasteiger partial charge on any atom is -0.350 e. The Balaban J connectivity index is 1.65. The molecule has 2 heterocycles. The summed E-state index contributed by atoms with van der Waals surface area (Å²) in [5.41, 5.74) is 1.45. The van der Waals surface area contributed by atoms with Crippen LogP contribution in [-0.4, -0.2) is 11.8 Å². The molecule has 2 N–H and O–H groups in total. The van der Waals surface area contributed by atoms with E-state index in [0.717, 1.165) is 5.56 Å². The Morgan fingerprint density at radius 3 is 2.46 bits per heavy atom. The highest BCUT2D eigenvalue weighted by molar-refractivity contribution is 6.15. The lowest BCUT2D eigenvalue weighted by atomic mass is 9.95. The molecule has 0 saturated carbocycles. The molecule has 0 fully saturated rings. The summed E-state index contributed by atoms with van der Waals surface area (Å²) < 4.78 is 14.0. The molecule has 5 nitrogen and oxygen atoms in total. The summed E-state index contributed by atoms with van der Waals surface area (Å²) in [6.45, 7) is 0.275. The van der Waals surface area contributed by atoms with Crippen molar-refractivity contribution in [1.29, 1.82) is 0 Å². The number of hydrogen-bond donors (Lipinski definition) is 2. The number of carbonyl (C=O) groups excluding carboxylic acids is 2. The molecule has 2 aliphatic heterocycles. The van der Waals surface area contributed by atoms with E-state index in [9.17, 15) is 14.0 Å². The van der Waals surface area contributed by atoms with E-state index in [0.29, 0.717) is 22.5 Å². The average Bonchev–Trinajstić information content (AvgIpc) is 2.91. The smallest absolute Gasteiger partial charge is 0.278 e. The van der Waals surface area contributed by atoms with Gasteiger partial charge in [0.15, 0.2) is 0 Å². The van der Waals surface area contributed by atoms with Crippen molar-refractivity contribution < 1.29 is 14.0 Å². The normalized spacial score (nSPS) is 19.8. The summed E-state index contributed by atoms with van der Waals surface area (Å²) in [4.78, 5) is 27.8. The van der Waals surface area contributed by atoms with E-state index in [2.05, 4.69) is 10.6 Å². The molecule has 5 rings (SSSR count). The van der Waals surface area contributed by atoms with E-state index in [1.54, 1.807) is 30.3 Å². The number of amides is 2. The minimum atomic E-state index is -1.46. The second kappa shape index (κ2) is 5.92. The summed E-state index contributed by atoms with van der Waals surface area (Å²) >= 11 is 0. The van der Waals surface area contributed by atoms with E-state index in [-0.39, 0.29) is 18.4 Å². The highest BCUT2D eigenvalue weighted by Gasteiger charge is 2.54. The highest BCUT2D eigenvalue weighted by Crippen LogP contribution is 2.44. The Kier molecular flexibility index (Phi) is 3.49. The van der Waals surface area contributed by atoms with Gasteiger partial charge in [-0.15, -0.1) is 0 Å². The highest BCUT2D eigenvalue weighted by atomic mass is 19.1. The van der Waals surface area contributed by atoms with Gasteiger partial charge in [0.05, 0.1) is 17.8 Å². The molecule has 0 saturated heterocycles. The van der Waals surface area contributed by atoms with Gasteiger partial charge in [-0.05, 0) is 35.9 Å². The molecule has 138 valence electrons. The number of nitrogens with one attached hydrogen (secondary N) is 2. The maximum absolute atomic E-state index is 14.0. The maximum Gasteiger partial charge on any atom is 0.278 e. The number of halogens is 1. The quantitative estimate of drug-likeness (QED) is 0.724. The topological polar surface area (TPSA) is 61.4 Å². The van der Waals surface area contributed by atoms with Crippen molar-refractivity contribution in [2.24, 2.45) is 0 Å². The fourth-order valence-electron chi connectivity index (χ4n) is 3.90. The van der Waals surface area contributed by atoms with Crippen molar-refractivity contribution in [3.8, 4) is 0 Å². The number of rotatable bonds is 2. The van der Waals surface area contributed by atoms with Gasteiger partial charge in [-0.2, -0.15) is 0 Å². The number of carbonyl (C=O) groups is 2. The predicted octanol–water partition coefficient (Wildman–Crippen LogP) is 3.38. The van der Waals surface area contributed by atoms with Crippen molar-refractivity contribution in [3.63, 3.8) is 0 Å². The Labute approximate surface area is 160 Å². The van der Waals surface area contributed by atoms with Gasteiger partial charge in [0.2, 0.25) is 5.66 Å². The van der Waals surface area contributed by atoms with E-state index in [1.807, 2.05) is 30.3 Å². The fourth-order valence-corrected chi connectivity index (χ4v) is 3.90. The summed E-state index contributed by atoms with van der Waals surface area (Å²) in [5, 5.41) is 6.02. The van der Waals surface area contributed by atoms with E-state index < -0.39 is 11.5 Å². The van der Waals surface area contributed by atoms with E-state index >= 15 is 0 Å². The van der Waals surface area contributed by atoms with Crippen LogP contribution in [0, 0.1) is 5.82 Å². The third-order valence-electron chi connectivity index (χ3n) is 5.20. The van der Waals surface area contributed by atoms with Crippen LogP contribution in [0.4, 0.5) is 15.8 Å². The lowest BCUT2D eigenvalue weighted by Crippen LogP contribution is -2.60. The summed E-state index contributed by atoms with van der Waals surface area (Å²) in [7, 11) is 0. The predicted molar refractivity (Wildman–Crippen MR) is 103 cm³/mol. The van der Waals surface area contributed by atoms with E-state index in [1.165, 1.54) is 17.0 Å². The monoisotopic (exact) mass is 373 g/mol. The van der Waals surface area contributed by atoms with Crippen molar-refractivity contribution in [1.82, 2.24) is 5.32 Å². The first-order chi connectivity index (χ1) is 13.6. The molecule has 0 radical (unpaired) electrons. The zero-order valence-corrected chi connectivity index (χ0v) is 14.8. The van der Waals surface area contributed by atoms with Gasteiger partial charge in [-0.1, -0.05) is 42.5 Å². The van der Waals surface area contributed by atoms with Gasteiger partial charge in [0, 0.05) is 11.3 Å². The Hall–Kier alpha value is -3.67. The molecule has 1 atom stereocenters. The maximum atomic E-state index is 14.0. The fraction of sp³-hybridized carbons (Fsp3) is 0.0909. The number of nitrogens with zero attached hydrogens (tertiary/aromatic N) is 1. The van der Waals surface area contributed by atoms with Crippen molar-refractivity contribution >= 4 is 23.2 Å². The van der Waals surface area contributed by atoms with Gasteiger partial charge in [-0.3, -0.25) is 9.59 Å². The molecule has 0 unspecified atom stereocenters. The van der Waals surface area contributed by atoms with Crippen molar-refractivity contribution in [2.45, 2.75) is 12.2 Å². The zero-order chi connectivity index (χ0) is 19.3. The van der Waals surface area contributed by atoms with Crippen LogP contribution >= 0.6 is 0 Å². The first-order valence-corrected chi connectivity index (χ1v) is 8.94. The summed E-state index contributed by atoms with van der Waals surface area (Å²) in [6, 6.07) is 20.7. The molecule has 2 amide bonds. The average molecular weight is 373 g/mol. The molecule has 3 aromatic carbocycles. The Morgan fingerprint density at radius 2 is 1.64 bits per heavy atom. The van der Waals surface area contributed by atoms with Crippen LogP contribution in [0.25, 0.3) is 0 Å². The van der Waals surface area contributed by atoms with Crippen LogP contribution in [0.15, 0.2) is 72.8 Å². The molecular weight excluding hydrogens is 357 g/mol. The molecule has 28 heavy (non-hydrogen) atoms. The second-order valence-corrected chi connectivity index (χ2v) is 6.91. The molecule has 1 spiro atoms. The summed E-state index contributed by atoms with van der Waals surface area (Å²) in [5.74, 6) is -1.14. The van der Waals surface area contributed by atoms with Gasteiger partial charge >= 0.3 is 0 Å². The standard InChI is InChI=1S/C22H16FN3O2/c23-15-10-11-17-19(12-15)26(13-14-6-2-1-3-7-14)21(28)22(17)24-18-9-5-4-8-16(18)20(27)25-22/h1-12,24H,13H2,(H,25,27)/t22-/m1/s1. The van der Waals surface area contributed by atoms with Crippen molar-refractivity contribution in [3.05, 3.63) is 95.3 Å². The third kappa shape index (κ3) is 2.31. The van der Waals surface area contributed by atoms with Gasteiger partial charge < -0.3 is 15.5 Å². The number of anilines is 2. The van der Waals surface area contributed by atoms with Crippen LogP contribution in [-0.2, 0) is 17.0 Å². The minimum absolute atomic E-state index is 0.275. The molecule has 6 heteroatoms. The molecule has 3 aromatic rings. The molecule has 2 aliphatic rings. The number of benzene rings is 3. The van der Waals surface area contributed by atoms with Crippen LogP contribution in [0.5, 0.6) is 0 Å². The first-order valence-electron chi connectivity index (χ1n) is 8.94. The molecule has 0 aromatic heterocycles. The largest absolute Gasteiger partial charge is 0.350 e. The molecule has 0 bridgehead atoms. The lowest BCUT2D eigenvalue weighted by molar-refractivity contribution is -0.123. The Morgan fingerprint density at radius 1 is 0.893 bits per heavy atom. The number of hydrogen-bond acceptors (Lipinski definition) is 3. The van der Waals surface area contributed by atoms with Gasteiger partial charge in [0.1, 0.15) is 5.82 Å². The zero-order valence-electron chi connectivity index (χ0n) is 14.8. The second-order valence-electron chi connectivity index (χ2n) is 6.91. The number of para-hydroxylation sites is 1. The van der Waals surface area contributed by atoms with Crippen LogP contribution in [0.3, 0.4) is 0 Å². The third-order valence-corrected chi connectivity index (χ3v) is 5.20. The summed E-state index contributed by atoms with van der Waals surface area (Å²) in [6.07, 6.45) is 0. The van der Waals surface area contributed by atoms with E-state index in [4.69, 9.17) is 0 Å². The van der Waals surface area contributed by atoms with Crippen LogP contribution in [0.1, 0.15) is 21.5 Å². The first kappa shape index (κ1) is 16.5. The molecular formula is C22H16FN3O2. The van der Waals surface area contributed by atoms with Gasteiger partial charge in [0.25, 0.3) is 11.8 Å². The van der Waals surface area contributed by atoms with Crippen molar-refractivity contribution in [2.75, 3.05) is 10.2 Å². The SMILES string of the molecule is O=C1N[C@@]2(Nc3ccccc31)C(=O)N(Cc1ccccc1)c1cc(F)ccc12. The molecule has 0 aliphatic carbocycles.